The molecule has 6 rings (SSSR count). The van der Waals surface area contributed by atoms with E-state index in [0.717, 1.165) is 31.8 Å². The van der Waals surface area contributed by atoms with Crippen LogP contribution < -0.4 is 9.80 Å². The summed E-state index contributed by atoms with van der Waals surface area (Å²) in [6, 6.07) is 30.8. The monoisotopic (exact) mass is 714 g/mol. The summed E-state index contributed by atoms with van der Waals surface area (Å²) in [5.41, 5.74) is 4.99. The lowest BCUT2D eigenvalue weighted by atomic mass is 10.2. The molecular formula is C34H34N8O4S3. The van der Waals surface area contributed by atoms with Gasteiger partial charge in [-0.1, -0.05) is 46.9 Å². The maximum atomic E-state index is 12.5. The molecule has 0 amide bonds. The number of benzene rings is 4. The third-order valence-corrected chi connectivity index (χ3v) is 10.2. The summed E-state index contributed by atoms with van der Waals surface area (Å²) in [5.74, 6) is 0. The highest BCUT2D eigenvalue weighted by Gasteiger charge is 2.15. The van der Waals surface area contributed by atoms with Gasteiger partial charge in [0, 0.05) is 37.6 Å². The van der Waals surface area contributed by atoms with Crippen molar-refractivity contribution >= 4 is 86.5 Å². The van der Waals surface area contributed by atoms with Crippen molar-refractivity contribution in [2.75, 3.05) is 49.2 Å². The quantitative estimate of drug-likeness (QED) is 0.0906. The van der Waals surface area contributed by atoms with Crippen LogP contribution >= 0.6 is 22.7 Å². The Morgan fingerprint density at radius 3 is 1.39 bits per heavy atom. The lowest BCUT2D eigenvalue weighted by Gasteiger charge is -2.23. The Labute approximate surface area is 292 Å². The van der Waals surface area contributed by atoms with Crippen molar-refractivity contribution in [1.29, 1.82) is 0 Å². The minimum Gasteiger partial charge on any atom is -0.369 e. The highest BCUT2D eigenvalue weighted by atomic mass is 32.3. The van der Waals surface area contributed by atoms with E-state index < -0.39 is 10.4 Å². The molecule has 0 saturated heterocycles. The number of aromatic nitrogens is 2. The highest BCUT2D eigenvalue weighted by molar-refractivity contribution is 7.81. The van der Waals surface area contributed by atoms with E-state index in [1.807, 2.05) is 121 Å². The number of rotatable bonds is 16. The van der Waals surface area contributed by atoms with Gasteiger partial charge in [0.25, 0.3) is 0 Å². The van der Waals surface area contributed by atoms with Gasteiger partial charge >= 0.3 is 10.4 Å². The molecule has 0 radical (unpaired) electrons. The van der Waals surface area contributed by atoms with Crippen molar-refractivity contribution in [1.82, 2.24) is 9.97 Å². The predicted octanol–water partition coefficient (Wildman–Crippen LogP) is 9.37. The van der Waals surface area contributed by atoms with Crippen molar-refractivity contribution in [3.05, 3.63) is 97.1 Å². The largest absolute Gasteiger partial charge is 0.399 e. The molecule has 15 heteroatoms. The summed E-state index contributed by atoms with van der Waals surface area (Å²) in [6.45, 7) is 5.89. The Hall–Kier alpha value is -4.67. The molecule has 49 heavy (non-hydrogen) atoms. The molecule has 0 atom stereocenters. The number of azo groups is 2. The molecule has 0 unspecified atom stereocenters. The van der Waals surface area contributed by atoms with E-state index in [1.54, 1.807) is 0 Å². The van der Waals surface area contributed by atoms with Crippen LogP contribution in [0.4, 0.5) is 33.0 Å². The van der Waals surface area contributed by atoms with Gasteiger partial charge in [-0.25, -0.2) is 18.3 Å². The topological polar surface area (TPSA) is 134 Å². The van der Waals surface area contributed by atoms with Crippen LogP contribution in [0.3, 0.4) is 0 Å². The molecule has 0 aliphatic rings. The summed E-state index contributed by atoms with van der Waals surface area (Å²) in [6.07, 6.45) is 0. The molecule has 252 valence electrons. The molecule has 4 aromatic carbocycles. The van der Waals surface area contributed by atoms with Crippen molar-refractivity contribution in [3.63, 3.8) is 0 Å². The molecule has 0 saturated carbocycles. The fourth-order valence-corrected chi connectivity index (χ4v) is 7.14. The van der Waals surface area contributed by atoms with Crippen molar-refractivity contribution in [2.45, 2.75) is 13.8 Å². The average Bonchev–Trinajstić information content (AvgIpc) is 3.74. The Balaban J connectivity index is 0.940. The van der Waals surface area contributed by atoms with Crippen LogP contribution in [0.2, 0.25) is 0 Å². The minimum absolute atomic E-state index is 0.0558. The smallest absolute Gasteiger partial charge is 0.369 e. The first-order chi connectivity index (χ1) is 23.9. The second-order valence-electron chi connectivity index (χ2n) is 10.6. The zero-order chi connectivity index (χ0) is 34.1. The molecule has 12 nitrogen and oxygen atoms in total. The van der Waals surface area contributed by atoms with Gasteiger partial charge in [-0.15, -0.1) is 20.5 Å². The third-order valence-electron chi connectivity index (χ3n) is 7.44. The summed E-state index contributed by atoms with van der Waals surface area (Å²) >= 11 is 2.97. The molecule has 2 aromatic heterocycles. The number of likely N-dealkylation sites (N-methyl/N-ethyl adjacent to an activating group) is 2. The van der Waals surface area contributed by atoms with Crippen molar-refractivity contribution in [3.8, 4) is 0 Å². The maximum Gasteiger partial charge on any atom is 0.399 e. The second kappa shape index (κ2) is 16.2. The number of hydrogen-bond acceptors (Lipinski definition) is 14. The number of anilines is 2. The number of fused-ring (bicyclic) bond motifs is 2. The second-order valence-corrected chi connectivity index (χ2v) is 13.9. The first-order valence-corrected chi connectivity index (χ1v) is 18.6. The van der Waals surface area contributed by atoms with E-state index in [9.17, 15) is 8.42 Å². The number of para-hydroxylation sites is 2. The molecular weight excluding hydrogens is 681 g/mol. The van der Waals surface area contributed by atoms with Crippen LogP contribution in [0, 0.1) is 0 Å². The van der Waals surface area contributed by atoms with Gasteiger partial charge in [0.2, 0.25) is 10.3 Å². The Bertz CT molecular complexity index is 1940. The Morgan fingerprint density at radius 2 is 1.00 bits per heavy atom. The van der Waals surface area contributed by atoms with Crippen LogP contribution in [-0.2, 0) is 18.8 Å². The molecule has 0 fully saturated rings. The average molecular weight is 715 g/mol. The van der Waals surface area contributed by atoms with Gasteiger partial charge in [0.05, 0.1) is 45.0 Å². The molecule has 2 heterocycles. The summed E-state index contributed by atoms with van der Waals surface area (Å²) in [7, 11) is -4.17. The number of thiazole rings is 2. The third kappa shape index (κ3) is 9.28. The van der Waals surface area contributed by atoms with Crippen LogP contribution in [0.1, 0.15) is 13.8 Å². The SMILES string of the molecule is CCN(CCOS(=O)(=O)OCCN(CC)c1ccc(N=Nc2nc3ccccc3s2)cc1)c1ccc(N=Nc2nc3ccccc3s2)cc1. The number of nitrogens with zero attached hydrogens (tertiary/aromatic N) is 8. The van der Waals surface area contributed by atoms with Crippen LogP contribution in [0.15, 0.2) is 118 Å². The fourth-order valence-electron chi connectivity index (χ4n) is 4.94. The maximum absolute atomic E-state index is 12.5. The molecule has 0 N–H and O–H groups in total. The van der Waals surface area contributed by atoms with E-state index in [2.05, 4.69) is 30.4 Å². The lowest BCUT2D eigenvalue weighted by molar-refractivity contribution is 0.221. The van der Waals surface area contributed by atoms with E-state index in [0.29, 0.717) is 47.8 Å². The zero-order valence-corrected chi connectivity index (χ0v) is 29.4. The van der Waals surface area contributed by atoms with Gasteiger partial charge in [-0.2, -0.15) is 8.42 Å². The standard InChI is InChI=1S/C34H34N8O4S3/c1-3-41(27-17-13-25(14-18-27)37-39-33-35-29-9-5-7-11-31(29)47-33)21-23-45-49(43,44)46-24-22-42(4-2)28-19-15-26(16-20-28)38-40-34-36-30-10-6-8-12-32(30)48-34/h5-20H,3-4,21-24H2,1-2H3. The van der Waals surface area contributed by atoms with Gasteiger partial charge < -0.3 is 9.80 Å². The van der Waals surface area contributed by atoms with Gasteiger partial charge in [0.1, 0.15) is 0 Å². The first kappa shape index (κ1) is 34.2. The zero-order valence-electron chi connectivity index (χ0n) is 26.9. The molecule has 0 aliphatic carbocycles. The van der Waals surface area contributed by atoms with Crippen LogP contribution in [-0.4, -0.2) is 57.8 Å². The Morgan fingerprint density at radius 1 is 0.592 bits per heavy atom. The van der Waals surface area contributed by atoms with Crippen molar-refractivity contribution in [2.24, 2.45) is 20.5 Å². The minimum atomic E-state index is -4.17. The predicted molar refractivity (Wildman–Crippen MR) is 197 cm³/mol. The van der Waals surface area contributed by atoms with Gasteiger partial charge in [0.15, 0.2) is 0 Å². The summed E-state index contributed by atoms with van der Waals surface area (Å²) in [4.78, 5) is 13.0. The molecule has 0 bridgehead atoms. The number of hydrogen-bond donors (Lipinski definition) is 0. The van der Waals surface area contributed by atoms with Gasteiger partial charge in [-0.05, 0) is 86.6 Å². The van der Waals surface area contributed by atoms with E-state index in [1.165, 1.54) is 22.7 Å². The van der Waals surface area contributed by atoms with Crippen LogP contribution in [0.5, 0.6) is 0 Å². The van der Waals surface area contributed by atoms with Gasteiger partial charge in [-0.3, -0.25) is 0 Å². The molecule has 0 aliphatic heterocycles. The van der Waals surface area contributed by atoms with E-state index in [4.69, 9.17) is 8.37 Å². The Kier molecular flexibility index (Phi) is 11.3. The highest BCUT2D eigenvalue weighted by Crippen LogP contribution is 2.31. The van der Waals surface area contributed by atoms with E-state index in [-0.39, 0.29) is 13.2 Å². The molecule has 0 spiro atoms. The summed E-state index contributed by atoms with van der Waals surface area (Å²) in [5, 5.41) is 18.4. The molecule has 6 aromatic rings. The summed E-state index contributed by atoms with van der Waals surface area (Å²) < 4.78 is 37.4. The fraction of sp³-hybridized carbons (Fsp3) is 0.235. The normalized spacial score (nSPS) is 12.1. The van der Waals surface area contributed by atoms with E-state index >= 15 is 0 Å². The van der Waals surface area contributed by atoms with Crippen molar-refractivity contribution < 1.29 is 16.8 Å². The first-order valence-electron chi connectivity index (χ1n) is 15.7. The van der Waals surface area contributed by atoms with Crippen LogP contribution in [0.25, 0.3) is 20.4 Å². The lowest BCUT2D eigenvalue weighted by Crippen LogP contribution is -2.30.